The Kier molecular flexibility index (Phi) is 6.51. The minimum Gasteiger partial charge on any atom is -0.394 e. The lowest BCUT2D eigenvalue weighted by Gasteiger charge is -2.14. The van der Waals surface area contributed by atoms with Crippen LogP contribution in [-0.2, 0) is 0 Å². The Bertz CT molecular complexity index is 85.4. The number of aliphatic hydroxyl groups is 3. The van der Waals surface area contributed by atoms with Crippen LogP contribution in [0.1, 0.15) is 32.6 Å². The molecule has 68 valence electrons. The minimum atomic E-state index is -0.966. The predicted octanol–water partition coefficient (Wildman–Crippen LogP) is 0.281. The van der Waals surface area contributed by atoms with E-state index in [1.165, 1.54) is 0 Å². The van der Waals surface area contributed by atoms with Gasteiger partial charge in [-0.2, -0.15) is 0 Å². The Labute approximate surface area is 67.7 Å². The van der Waals surface area contributed by atoms with E-state index in [0.717, 1.165) is 19.3 Å². The second-order valence-electron chi connectivity index (χ2n) is 2.81. The summed E-state index contributed by atoms with van der Waals surface area (Å²) < 4.78 is 0. The largest absolute Gasteiger partial charge is 0.394 e. The molecule has 3 N–H and O–H groups in total. The van der Waals surface area contributed by atoms with Crippen LogP contribution in [0.2, 0.25) is 0 Å². The van der Waals surface area contributed by atoms with E-state index in [0.29, 0.717) is 6.42 Å². The van der Waals surface area contributed by atoms with Crippen LogP contribution >= 0.6 is 0 Å². The topological polar surface area (TPSA) is 60.7 Å². The molecule has 0 bridgehead atoms. The summed E-state index contributed by atoms with van der Waals surface area (Å²) in [5.41, 5.74) is 0. The van der Waals surface area contributed by atoms with Crippen molar-refractivity contribution in [3.63, 3.8) is 0 Å². The van der Waals surface area contributed by atoms with Gasteiger partial charge in [0.15, 0.2) is 0 Å². The van der Waals surface area contributed by atoms with Gasteiger partial charge in [-0.15, -0.1) is 0 Å². The molecule has 0 aromatic rings. The van der Waals surface area contributed by atoms with E-state index in [-0.39, 0.29) is 6.61 Å². The van der Waals surface area contributed by atoms with E-state index in [4.69, 9.17) is 15.3 Å². The summed E-state index contributed by atoms with van der Waals surface area (Å²) in [4.78, 5) is 0. The molecule has 0 saturated heterocycles. The molecule has 0 aliphatic heterocycles. The van der Waals surface area contributed by atoms with E-state index in [1.54, 1.807) is 0 Å². The molecule has 0 saturated carbocycles. The summed E-state index contributed by atoms with van der Waals surface area (Å²) in [6.45, 7) is 1.72. The Balaban J connectivity index is 3.28. The summed E-state index contributed by atoms with van der Waals surface area (Å²) >= 11 is 0. The van der Waals surface area contributed by atoms with E-state index in [1.807, 2.05) is 0 Å². The van der Waals surface area contributed by atoms with Crippen molar-refractivity contribution in [2.24, 2.45) is 0 Å². The lowest BCUT2D eigenvalue weighted by atomic mass is 10.1. The number of hydrogen-bond acceptors (Lipinski definition) is 3. The zero-order chi connectivity index (χ0) is 8.69. The monoisotopic (exact) mass is 162 g/mol. The van der Waals surface area contributed by atoms with Crippen molar-refractivity contribution in [2.75, 3.05) is 6.61 Å². The first kappa shape index (κ1) is 10.9. The molecule has 0 spiro atoms. The normalized spacial score (nSPS) is 16.4. The predicted molar refractivity (Wildman–Crippen MR) is 43.2 cm³/mol. The Hall–Kier alpha value is -0.120. The fraction of sp³-hybridized carbons (Fsp3) is 1.00. The summed E-state index contributed by atoms with van der Waals surface area (Å²) in [6.07, 6.45) is 1.93. The highest BCUT2D eigenvalue weighted by molar-refractivity contribution is 4.65. The number of rotatable bonds is 6. The fourth-order valence-corrected chi connectivity index (χ4v) is 0.918. The SMILES string of the molecule is CCCCCC(O)[C@@H](O)CO. The molecule has 0 rings (SSSR count). The number of aliphatic hydroxyl groups excluding tert-OH is 3. The molecule has 0 aliphatic carbocycles. The highest BCUT2D eigenvalue weighted by Gasteiger charge is 2.13. The second-order valence-corrected chi connectivity index (χ2v) is 2.81. The van der Waals surface area contributed by atoms with Gasteiger partial charge in [-0.25, -0.2) is 0 Å². The molecule has 0 heterocycles. The van der Waals surface area contributed by atoms with Gasteiger partial charge in [-0.1, -0.05) is 26.2 Å². The Morgan fingerprint density at radius 1 is 1.09 bits per heavy atom. The van der Waals surface area contributed by atoms with Crippen LogP contribution in [0.3, 0.4) is 0 Å². The van der Waals surface area contributed by atoms with Crippen molar-refractivity contribution in [3.05, 3.63) is 0 Å². The third-order valence-corrected chi connectivity index (χ3v) is 1.73. The van der Waals surface area contributed by atoms with Crippen LogP contribution in [0, 0.1) is 0 Å². The molecule has 2 atom stereocenters. The average molecular weight is 162 g/mol. The van der Waals surface area contributed by atoms with Crippen LogP contribution < -0.4 is 0 Å². The van der Waals surface area contributed by atoms with E-state index >= 15 is 0 Å². The van der Waals surface area contributed by atoms with E-state index in [2.05, 4.69) is 6.92 Å². The van der Waals surface area contributed by atoms with Crippen LogP contribution in [0.15, 0.2) is 0 Å². The maximum absolute atomic E-state index is 9.13. The van der Waals surface area contributed by atoms with Crippen LogP contribution in [0.25, 0.3) is 0 Å². The highest BCUT2D eigenvalue weighted by Crippen LogP contribution is 2.05. The molecule has 0 aromatic carbocycles. The molecule has 0 radical (unpaired) electrons. The first-order chi connectivity index (χ1) is 5.22. The zero-order valence-corrected chi connectivity index (χ0v) is 7.03. The van der Waals surface area contributed by atoms with Gasteiger partial charge in [-0.05, 0) is 6.42 Å². The first-order valence-corrected chi connectivity index (χ1v) is 4.19. The molecular formula is C8H18O3. The summed E-state index contributed by atoms with van der Waals surface area (Å²) in [6, 6.07) is 0. The standard InChI is InChI=1S/C8H18O3/c1-2-3-4-5-7(10)8(11)6-9/h7-11H,2-6H2,1H3/t7?,8-/m0/s1. The molecule has 0 fully saturated rings. The van der Waals surface area contributed by atoms with Gasteiger partial charge in [0.2, 0.25) is 0 Å². The van der Waals surface area contributed by atoms with Crippen molar-refractivity contribution in [1.29, 1.82) is 0 Å². The molecule has 1 unspecified atom stereocenters. The Morgan fingerprint density at radius 2 is 1.73 bits per heavy atom. The van der Waals surface area contributed by atoms with Crippen molar-refractivity contribution in [3.8, 4) is 0 Å². The summed E-state index contributed by atoms with van der Waals surface area (Å²) in [5, 5.41) is 26.5. The molecule has 0 aliphatic rings. The first-order valence-electron chi connectivity index (χ1n) is 4.19. The van der Waals surface area contributed by atoms with E-state index < -0.39 is 12.2 Å². The highest BCUT2D eigenvalue weighted by atomic mass is 16.4. The maximum atomic E-state index is 9.13. The maximum Gasteiger partial charge on any atom is 0.103 e. The van der Waals surface area contributed by atoms with E-state index in [9.17, 15) is 0 Å². The fourth-order valence-electron chi connectivity index (χ4n) is 0.918. The van der Waals surface area contributed by atoms with Gasteiger partial charge >= 0.3 is 0 Å². The smallest absolute Gasteiger partial charge is 0.103 e. The van der Waals surface area contributed by atoms with Gasteiger partial charge in [0, 0.05) is 0 Å². The zero-order valence-electron chi connectivity index (χ0n) is 7.03. The number of hydrogen-bond donors (Lipinski definition) is 3. The third kappa shape index (κ3) is 5.18. The minimum absolute atomic E-state index is 0.354. The molecule has 3 heteroatoms. The average Bonchev–Trinajstić information content (AvgIpc) is 2.03. The van der Waals surface area contributed by atoms with Crippen molar-refractivity contribution in [1.82, 2.24) is 0 Å². The summed E-state index contributed by atoms with van der Waals surface area (Å²) in [5.74, 6) is 0. The van der Waals surface area contributed by atoms with Crippen LogP contribution in [-0.4, -0.2) is 34.1 Å². The Morgan fingerprint density at radius 3 is 2.18 bits per heavy atom. The molecular weight excluding hydrogens is 144 g/mol. The van der Waals surface area contributed by atoms with Crippen molar-refractivity contribution >= 4 is 0 Å². The van der Waals surface area contributed by atoms with Gasteiger partial charge in [-0.3, -0.25) is 0 Å². The lowest BCUT2D eigenvalue weighted by molar-refractivity contribution is -0.0185. The lowest BCUT2D eigenvalue weighted by Crippen LogP contribution is -2.28. The molecule has 0 amide bonds. The van der Waals surface area contributed by atoms with Crippen LogP contribution in [0.5, 0.6) is 0 Å². The quantitative estimate of drug-likeness (QED) is 0.492. The molecule has 11 heavy (non-hydrogen) atoms. The van der Waals surface area contributed by atoms with Gasteiger partial charge in [0.05, 0.1) is 12.7 Å². The van der Waals surface area contributed by atoms with Gasteiger partial charge < -0.3 is 15.3 Å². The van der Waals surface area contributed by atoms with Crippen LogP contribution in [0.4, 0.5) is 0 Å². The molecule has 3 nitrogen and oxygen atoms in total. The summed E-state index contributed by atoms with van der Waals surface area (Å²) in [7, 11) is 0. The van der Waals surface area contributed by atoms with Crippen molar-refractivity contribution in [2.45, 2.75) is 44.8 Å². The second kappa shape index (κ2) is 6.58. The van der Waals surface area contributed by atoms with Gasteiger partial charge in [0.1, 0.15) is 6.10 Å². The number of unbranched alkanes of at least 4 members (excludes halogenated alkanes) is 2. The van der Waals surface area contributed by atoms with Crippen molar-refractivity contribution < 1.29 is 15.3 Å². The third-order valence-electron chi connectivity index (χ3n) is 1.73. The van der Waals surface area contributed by atoms with Gasteiger partial charge in [0.25, 0.3) is 0 Å². The molecule has 0 aromatic heterocycles.